The zero-order valence-electron chi connectivity index (χ0n) is 14.7. The number of esters is 1. The van der Waals surface area contributed by atoms with Crippen LogP contribution in [0.25, 0.3) is 4.96 Å². The minimum atomic E-state index is -0.426. The van der Waals surface area contributed by atoms with E-state index in [0.29, 0.717) is 22.5 Å². The standard InChI is InChI=1S/C19H21ClN2O3S/c1-11-9-26-17-21-14(3-15(23)22(11)17)8-25-16(24)18-4-12-2-13(5-18)7-19(20,6-12)10-18/h3,9,12-13H,2,4-8,10H2,1H3/t12-,13+,18?,19?. The molecule has 4 bridgehead atoms. The van der Waals surface area contributed by atoms with Crippen LogP contribution < -0.4 is 5.56 Å². The molecule has 4 atom stereocenters. The van der Waals surface area contributed by atoms with Crippen molar-refractivity contribution in [3.05, 3.63) is 33.2 Å². The van der Waals surface area contributed by atoms with Crippen molar-refractivity contribution in [2.45, 2.75) is 56.9 Å². The van der Waals surface area contributed by atoms with Crippen LogP contribution in [0.3, 0.4) is 0 Å². The van der Waals surface area contributed by atoms with E-state index in [4.69, 9.17) is 16.3 Å². The molecule has 138 valence electrons. The summed E-state index contributed by atoms with van der Waals surface area (Å²) in [7, 11) is 0. The van der Waals surface area contributed by atoms with Gasteiger partial charge in [-0.1, -0.05) is 0 Å². The van der Waals surface area contributed by atoms with Gasteiger partial charge in [-0.2, -0.15) is 0 Å². The number of carbonyl (C=O) groups excluding carboxylic acids is 1. The topological polar surface area (TPSA) is 60.7 Å². The van der Waals surface area contributed by atoms with E-state index in [0.717, 1.165) is 37.8 Å². The number of halogens is 1. The van der Waals surface area contributed by atoms with Gasteiger partial charge < -0.3 is 4.74 Å². The maximum Gasteiger partial charge on any atom is 0.312 e. The fourth-order valence-electron chi connectivity index (χ4n) is 5.86. The molecule has 4 aliphatic rings. The highest BCUT2D eigenvalue weighted by atomic mass is 35.5. The van der Waals surface area contributed by atoms with E-state index in [9.17, 15) is 9.59 Å². The van der Waals surface area contributed by atoms with E-state index in [1.54, 1.807) is 4.40 Å². The molecule has 4 aliphatic carbocycles. The Hall–Kier alpha value is -1.40. The van der Waals surface area contributed by atoms with Crippen LogP contribution in [0.5, 0.6) is 0 Å². The molecular formula is C19H21ClN2O3S. The molecule has 6 rings (SSSR count). The second-order valence-electron chi connectivity index (χ2n) is 8.55. The first-order valence-electron chi connectivity index (χ1n) is 9.19. The molecule has 4 fully saturated rings. The van der Waals surface area contributed by atoms with Gasteiger partial charge in [0.1, 0.15) is 6.61 Å². The summed E-state index contributed by atoms with van der Waals surface area (Å²) >= 11 is 8.22. The van der Waals surface area contributed by atoms with Gasteiger partial charge in [0.2, 0.25) is 0 Å². The number of aromatic nitrogens is 2. The molecule has 0 saturated heterocycles. The molecule has 2 aromatic heterocycles. The number of alkyl halides is 1. The molecular weight excluding hydrogens is 372 g/mol. The quantitative estimate of drug-likeness (QED) is 0.590. The van der Waals surface area contributed by atoms with Gasteiger partial charge in [0, 0.05) is 22.0 Å². The minimum Gasteiger partial charge on any atom is -0.459 e. The van der Waals surface area contributed by atoms with Crippen molar-refractivity contribution in [3.8, 4) is 0 Å². The molecule has 4 saturated carbocycles. The molecule has 0 radical (unpaired) electrons. The van der Waals surface area contributed by atoms with Crippen LogP contribution in [0.2, 0.25) is 0 Å². The first-order valence-corrected chi connectivity index (χ1v) is 10.4. The third-order valence-corrected chi connectivity index (χ3v) is 7.79. The molecule has 0 N–H and O–H groups in total. The van der Waals surface area contributed by atoms with Crippen molar-refractivity contribution in [2.24, 2.45) is 17.3 Å². The largest absolute Gasteiger partial charge is 0.459 e. The summed E-state index contributed by atoms with van der Waals surface area (Å²) in [6.45, 7) is 1.93. The number of carbonyl (C=O) groups is 1. The number of nitrogens with zero attached hydrogens (tertiary/aromatic N) is 2. The Morgan fingerprint density at radius 1 is 1.38 bits per heavy atom. The third kappa shape index (κ3) is 2.53. The van der Waals surface area contributed by atoms with Gasteiger partial charge in [0.25, 0.3) is 5.56 Å². The van der Waals surface area contributed by atoms with Crippen molar-refractivity contribution in [3.63, 3.8) is 0 Å². The molecule has 7 heteroatoms. The van der Waals surface area contributed by atoms with E-state index < -0.39 is 5.41 Å². The van der Waals surface area contributed by atoms with E-state index in [1.807, 2.05) is 12.3 Å². The van der Waals surface area contributed by atoms with Crippen molar-refractivity contribution < 1.29 is 9.53 Å². The summed E-state index contributed by atoms with van der Waals surface area (Å²) in [5.41, 5.74) is 0.821. The number of hydrogen-bond donors (Lipinski definition) is 0. The number of rotatable bonds is 3. The normalized spacial score (nSPS) is 35.2. The fourth-order valence-corrected chi connectivity index (χ4v) is 7.44. The highest BCUT2D eigenvalue weighted by molar-refractivity contribution is 7.15. The number of ether oxygens (including phenoxy) is 1. The number of fused-ring (bicyclic) bond motifs is 1. The number of thiazole rings is 1. The van der Waals surface area contributed by atoms with Gasteiger partial charge >= 0.3 is 5.97 Å². The fraction of sp³-hybridized carbons (Fsp3) is 0.632. The number of aryl methyl sites for hydroxylation is 1. The van der Waals surface area contributed by atoms with Gasteiger partial charge in [-0.15, -0.1) is 22.9 Å². The van der Waals surface area contributed by atoms with Gasteiger partial charge in [-0.3, -0.25) is 14.0 Å². The smallest absolute Gasteiger partial charge is 0.312 e. The first kappa shape index (κ1) is 16.8. The van der Waals surface area contributed by atoms with Gasteiger partial charge in [0.15, 0.2) is 4.96 Å². The first-order chi connectivity index (χ1) is 12.4. The molecule has 2 heterocycles. The summed E-state index contributed by atoms with van der Waals surface area (Å²) in [6, 6.07) is 1.46. The third-order valence-electron chi connectivity index (χ3n) is 6.40. The van der Waals surface area contributed by atoms with Gasteiger partial charge in [-0.05, 0) is 57.3 Å². The predicted octanol–water partition coefficient (Wildman–Crippen LogP) is 3.69. The summed E-state index contributed by atoms with van der Waals surface area (Å²) in [6.07, 6.45) is 5.80. The van der Waals surface area contributed by atoms with Gasteiger partial charge in [-0.25, -0.2) is 4.98 Å². The lowest BCUT2D eigenvalue weighted by Gasteiger charge is -2.58. The molecule has 0 aromatic carbocycles. The van der Waals surface area contributed by atoms with Crippen molar-refractivity contribution in [1.82, 2.24) is 9.38 Å². The Bertz CT molecular complexity index is 951. The van der Waals surface area contributed by atoms with Gasteiger partial charge in [0.05, 0.1) is 11.1 Å². The van der Waals surface area contributed by atoms with Crippen LogP contribution in [0, 0.1) is 24.2 Å². The average molecular weight is 393 g/mol. The molecule has 0 spiro atoms. The monoisotopic (exact) mass is 392 g/mol. The maximum atomic E-state index is 13.0. The van der Waals surface area contributed by atoms with E-state index >= 15 is 0 Å². The summed E-state index contributed by atoms with van der Waals surface area (Å²) < 4.78 is 7.24. The lowest BCUT2D eigenvalue weighted by atomic mass is 9.49. The summed E-state index contributed by atoms with van der Waals surface area (Å²) in [4.78, 5) is 30.1. The second-order valence-corrected chi connectivity index (χ2v) is 10.2. The van der Waals surface area contributed by atoms with Crippen LogP contribution in [-0.4, -0.2) is 20.2 Å². The maximum absolute atomic E-state index is 13.0. The molecule has 26 heavy (non-hydrogen) atoms. The second kappa shape index (κ2) is 5.55. The van der Waals surface area contributed by atoms with E-state index in [1.165, 1.54) is 23.8 Å². The van der Waals surface area contributed by atoms with Crippen molar-refractivity contribution in [2.75, 3.05) is 0 Å². The molecule has 2 unspecified atom stereocenters. The van der Waals surface area contributed by atoms with Crippen LogP contribution in [0.1, 0.15) is 49.9 Å². The Labute approximate surface area is 160 Å². The predicted molar refractivity (Wildman–Crippen MR) is 99.6 cm³/mol. The average Bonchev–Trinajstić information content (AvgIpc) is 2.92. The lowest BCUT2D eigenvalue weighted by Crippen LogP contribution is -2.56. The molecule has 0 amide bonds. The number of hydrogen-bond acceptors (Lipinski definition) is 5. The zero-order chi connectivity index (χ0) is 18.1. The van der Waals surface area contributed by atoms with E-state index in [2.05, 4.69) is 4.98 Å². The minimum absolute atomic E-state index is 0.0495. The van der Waals surface area contributed by atoms with Crippen LogP contribution in [-0.2, 0) is 16.1 Å². The Morgan fingerprint density at radius 3 is 2.81 bits per heavy atom. The van der Waals surface area contributed by atoms with Crippen LogP contribution in [0.15, 0.2) is 16.2 Å². The zero-order valence-corrected chi connectivity index (χ0v) is 16.2. The molecule has 0 aliphatic heterocycles. The highest BCUT2D eigenvalue weighted by Crippen LogP contribution is 2.64. The SMILES string of the molecule is Cc1csc2nc(COC(=O)C34C[C@@H]5C[C@@H](CC(Cl)(C5)C3)C4)cc(=O)n12. The van der Waals surface area contributed by atoms with Crippen LogP contribution >= 0.6 is 22.9 Å². The summed E-state index contributed by atoms with van der Waals surface area (Å²) in [5, 5.41) is 1.90. The Kier molecular flexibility index (Phi) is 3.58. The van der Waals surface area contributed by atoms with E-state index in [-0.39, 0.29) is 23.0 Å². The Morgan fingerprint density at radius 2 is 2.12 bits per heavy atom. The molecule has 5 nitrogen and oxygen atoms in total. The lowest BCUT2D eigenvalue weighted by molar-refractivity contribution is -0.171. The highest BCUT2D eigenvalue weighted by Gasteiger charge is 2.60. The van der Waals surface area contributed by atoms with Crippen LogP contribution in [0.4, 0.5) is 0 Å². The van der Waals surface area contributed by atoms with Crippen molar-refractivity contribution >= 4 is 33.9 Å². The Balaban J connectivity index is 1.36. The summed E-state index contributed by atoms with van der Waals surface area (Å²) in [5.74, 6) is 0.949. The van der Waals surface area contributed by atoms with Crippen molar-refractivity contribution in [1.29, 1.82) is 0 Å². The molecule has 2 aromatic rings.